The lowest BCUT2D eigenvalue weighted by Crippen LogP contribution is -2.57. The van der Waals surface area contributed by atoms with Crippen molar-refractivity contribution in [1.29, 1.82) is 0 Å². The van der Waals surface area contributed by atoms with Crippen LogP contribution in [-0.4, -0.2) is 47.7 Å². The van der Waals surface area contributed by atoms with E-state index in [0.717, 1.165) is 5.56 Å². The van der Waals surface area contributed by atoms with E-state index in [1.54, 1.807) is 0 Å². The van der Waals surface area contributed by atoms with Gasteiger partial charge in [0.25, 0.3) is 0 Å². The number of rotatable bonds is 4. The van der Waals surface area contributed by atoms with E-state index in [1.807, 2.05) is 24.3 Å². The number of fused-ring (bicyclic) bond motifs is 1. The van der Waals surface area contributed by atoms with Crippen LogP contribution in [0.25, 0.3) is 0 Å². The summed E-state index contributed by atoms with van der Waals surface area (Å²) in [7, 11) is 1.48. The van der Waals surface area contributed by atoms with Gasteiger partial charge in [0.1, 0.15) is 0 Å². The SMILES string of the molecule is COCC1(C(=O)O)CCCN1C(=O)C1Cc2ccccc21. The number of carboxylic acids is 1. The molecule has 0 bridgehead atoms. The molecule has 3 rings (SSSR count). The Labute approximate surface area is 123 Å². The summed E-state index contributed by atoms with van der Waals surface area (Å²) in [4.78, 5) is 26.0. The fraction of sp³-hybridized carbons (Fsp3) is 0.500. The van der Waals surface area contributed by atoms with Gasteiger partial charge in [0, 0.05) is 13.7 Å². The number of hydrogen-bond acceptors (Lipinski definition) is 3. The third-order valence-electron chi connectivity index (χ3n) is 4.69. The summed E-state index contributed by atoms with van der Waals surface area (Å²) in [5.41, 5.74) is 1.02. The van der Waals surface area contributed by atoms with E-state index < -0.39 is 11.5 Å². The van der Waals surface area contributed by atoms with Crippen LogP contribution in [0.4, 0.5) is 0 Å². The number of aliphatic carboxylic acids is 1. The maximum absolute atomic E-state index is 12.8. The lowest BCUT2D eigenvalue weighted by Gasteiger charge is -2.39. The molecule has 1 N–H and O–H groups in total. The van der Waals surface area contributed by atoms with Crippen molar-refractivity contribution in [1.82, 2.24) is 4.90 Å². The second kappa shape index (κ2) is 5.15. The Balaban J connectivity index is 1.86. The summed E-state index contributed by atoms with van der Waals surface area (Å²) in [6.07, 6.45) is 1.86. The van der Waals surface area contributed by atoms with Crippen LogP contribution >= 0.6 is 0 Å². The molecule has 1 saturated heterocycles. The quantitative estimate of drug-likeness (QED) is 0.910. The number of benzene rings is 1. The molecule has 1 aliphatic carbocycles. The van der Waals surface area contributed by atoms with Gasteiger partial charge in [0.05, 0.1) is 12.5 Å². The second-order valence-electron chi connectivity index (χ2n) is 5.82. The van der Waals surface area contributed by atoms with Crippen LogP contribution in [0.1, 0.15) is 29.9 Å². The molecule has 0 aromatic heterocycles. The Morgan fingerprint density at radius 1 is 1.43 bits per heavy atom. The highest BCUT2D eigenvalue weighted by atomic mass is 16.5. The van der Waals surface area contributed by atoms with Crippen LogP contribution in [0.15, 0.2) is 24.3 Å². The van der Waals surface area contributed by atoms with Crippen LogP contribution in [0.5, 0.6) is 0 Å². The molecule has 1 aliphatic heterocycles. The highest BCUT2D eigenvalue weighted by molar-refractivity contribution is 5.93. The van der Waals surface area contributed by atoms with E-state index in [-0.39, 0.29) is 18.4 Å². The van der Waals surface area contributed by atoms with Gasteiger partial charge in [-0.15, -0.1) is 0 Å². The van der Waals surface area contributed by atoms with E-state index in [2.05, 4.69) is 0 Å². The Kier molecular flexibility index (Phi) is 3.45. The fourth-order valence-corrected chi connectivity index (χ4v) is 3.54. The van der Waals surface area contributed by atoms with Crippen LogP contribution in [0.2, 0.25) is 0 Å². The molecule has 0 radical (unpaired) electrons. The number of amides is 1. The normalized spacial score (nSPS) is 27.1. The number of nitrogens with zero attached hydrogens (tertiary/aromatic N) is 1. The minimum absolute atomic E-state index is 0.0441. The van der Waals surface area contributed by atoms with E-state index in [4.69, 9.17) is 4.74 Å². The predicted octanol–water partition coefficient (Wildman–Crippen LogP) is 1.42. The average Bonchev–Trinajstić information content (AvgIpc) is 2.85. The zero-order valence-corrected chi connectivity index (χ0v) is 12.0. The summed E-state index contributed by atoms with van der Waals surface area (Å²) in [6, 6.07) is 7.85. The van der Waals surface area contributed by atoms with E-state index in [0.29, 0.717) is 25.8 Å². The summed E-state index contributed by atoms with van der Waals surface area (Å²) < 4.78 is 5.10. The summed E-state index contributed by atoms with van der Waals surface area (Å²) in [5, 5.41) is 9.61. The van der Waals surface area contributed by atoms with Crippen molar-refractivity contribution < 1.29 is 19.4 Å². The van der Waals surface area contributed by atoms with Crippen molar-refractivity contribution >= 4 is 11.9 Å². The Bertz CT molecular complexity index is 585. The molecular formula is C16H19NO4. The van der Waals surface area contributed by atoms with Gasteiger partial charge in [-0.25, -0.2) is 4.79 Å². The highest BCUT2D eigenvalue weighted by Crippen LogP contribution is 2.40. The van der Waals surface area contributed by atoms with Gasteiger partial charge in [-0.2, -0.15) is 0 Å². The molecule has 0 spiro atoms. The Morgan fingerprint density at radius 3 is 2.86 bits per heavy atom. The van der Waals surface area contributed by atoms with E-state index in [9.17, 15) is 14.7 Å². The average molecular weight is 289 g/mol. The molecule has 5 nitrogen and oxygen atoms in total. The lowest BCUT2D eigenvalue weighted by molar-refractivity contribution is -0.161. The number of hydrogen-bond donors (Lipinski definition) is 1. The number of methoxy groups -OCH3 is 1. The molecule has 2 aliphatic rings. The minimum Gasteiger partial charge on any atom is -0.479 e. The predicted molar refractivity (Wildman–Crippen MR) is 76.1 cm³/mol. The van der Waals surface area contributed by atoms with Crippen LogP contribution in [0, 0.1) is 0 Å². The number of carbonyl (C=O) groups excluding carboxylic acids is 1. The highest BCUT2D eigenvalue weighted by Gasteiger charge is 2.52. The van der Waals surface area contributed by atoms with E-state index in [1.165, 1.54) is 17.6 Å². The largest absolute Gasteiger partial charge is 0.479 e. The van der Waals surface area contributed by atoms with Gasteiger partial charge in [0.15, 0.2) is 5.54 Å². The van der Waals surface area contributed by atoms with Crippen molar-refractivity contribution in [3.05, 3.63) is 35.4 Å². The van der Waals surface area contributed by atoms with Gasteiger partial charge < -0.3 is 14.7 Å². The van der Waals surface area contributed by atoms with Crippen molar-refractivity contribution in [2.24, 2.45) is 0 Å². The molecule has 5 heteroatoms. The standard InChI is InChI=1S/C16H19NO4/c1-21-10-16(15(19)20)7-4-8-17(16)14(18)13-9-11-5-2-3-6-12(11)13/h2-3,5-6,13H,4,7-10H2,1H3,(H,19,20). The summed E-state index contributed by atoms with van der Waals surface area (Å²) >= 11 is 0. The topological polar surface area (TPSA) is 66.8 Å². The molecule has 1 amide bonds. The smallest absolute Gasteiger partial charge is 0.332 e. The zero-order valence-electron chi connectivity index (χ0n) is 12.0. The molecule has 112 valence electrons. The van der Waals surface area contributed by atoms with Crippen molar-refractivity contribution in [3.8, 4) is 0 Å². The third-order valence-corrected chi connectivity index (χ3v) is 4.69. The van der Waals surface area contributed by atoms with E-state index >= 15 is 0 Å². The first-order valence-corrected chi connectivity index (χ1v) is 7.22. The molecule has 21 heavy (non-hydrogen) atoms. The van der Waals surface area contributed by atoms with Gasteiger partial charge in [-0.3, -0.25) is 4.79 Å². The molecule has 1 aromatic carbocycles. The Hall–Kier alpha value is -1.88. The maximum atomic E-state index is 12.8. The zero-order chi connectivity index (χ0) is 15.0. The first kappa shape index (κ1) is 14.1. The molecule has 2 unspecified atom stereocenters. The number of likely N-dealkylation sites (tertiary alicyclic amines) is 1. The summed E-state index contributed by atoms with van der Waals surface area (Å²) in [5.74, 6) is -1.25. The maximum Gasteiger partial charge on any atom is 0.332 e. The van der Waals surface area contributed by atoms with Gasteiger partial charge in [-0.05, 0) is 30.4 Å². The number of carboxylic acid groups (broad SMARTS) is 1. The van der Waals surface area contributed by atoms with Crippen LogP contribution in [0.3, 0.4) is 0 Å². The third kappa shape index (κ3) is 2.03. The molecular weight excluding hydrogens is 270 g/mol. The molecule has 2 atom stereocenters. The lowest BCUT2D eigenvalue weighted by atomic mass is 9.76. The fourth-order valence-electron chi connectivity index (χ4n) is 3.54. The first-order chi connectivity index (χ1) is 10.1. The van der Waals surface area contributed by atoms with Gasteiger partial charge in [0.2, 0.25) is 5.91 Å². The number of carbonyl (C=O) groups is 2. The van der Waals surface area contributed by atoms with Gasteiger partial charge in [-0.1, -0.05) is 24.3 Å². The molecule has 1 fully saturated rings. The van der Waals surface area contributed by atoms with Crippen molar-refractivity contribution in [3.63, 3.8) is 0 Å². The first-order valence-electron chi connectivity index (χ1n) is 7.22. The van der Waals surface area contributed by atoms with Crippen LogP contribution < -0.4 is 0 Å². The van der Waals surface area contributed by atoms with Crippen molar-refractivity contribution in [2.45, 2.75) is 30.7 Å². The van der Waals surface area contributed by atoms with Gasteiger partial charge >= 0.3 is 5.97 Å². The van der Waals surface area contributed by atoms with Crippen LogP contribution in [-0.2, 0) is 20.7 Å². The monoisotopic (exact) mass is 289 g/mol. The molecule has 1 aromatic rings. The molecule has 0 saturated carbocycles. The van der Waals surface area contributed by atoms with Crippen molar-refractivity contribution in [2.75, 3.05) is 20.3 Å². The Morgan fingerprint density at radius 2 is 2.19 bits per heavy atom. The summed E-state index contributed by atoms with van der Waals surface area (Å²) in [6.45, 7) is 0.537. The minimum atomic E-state index is -1.20. The number of ether oxygens (including phenoxy) is 1. The second-order valence-corrected chi connectivity index (χ2v) is 5.82. The molecule has 1 heterocycles.